The lowest BCUT2D eigenvalue weighted by atomic mass is 10.0. The van der Waals surface area contributed by atoms with Crippen LogP contribution in [0.5, 0.6) is 0 Å². The van der Waals surface area contributed by atoms with E-state index in [0.717, 1.165) is 32.4 Å². The second-order valence-electron chi connectivity index (χ2n) is 6.21. The molecule has 0 radical (unpaired) electrons. The Kier molecular flexibility index (Phi) is 7.39. The second kappa shape index (κ2) is 8.54. The van der Waals surface area contributed by atoms with E-state index >= 15 is 0 Å². The highest BCUT2D eigenvalue weighted by Gasteiger charge is 2.22. The first kappa shape index (κ1) is 16.4. The maximum atomic E-state index is 12.0. The summed E-state index contributed by atoms with van der Waals surface area (Å²) >= 11 is 0. The molecule has 112 valence electrons. The molecule has 3 N–H and O–H groups in total. The van der Waals surface area contributed by atoms with Crippen molar-refractivity contribution in [1.82, 2.24) is 10.2 Å². The van der Waals surface area contributed by atoms with Crippen LogP contribution in [0.3, 0.4) is 0 Å². The highest BCUT2D eigenvalue weighted by atomic mass is 16.2. The van der Waals surface area contributed by atoms with Crippen LogP contribution in [-0.4, -0.2) is 42.5 Å². The minimum atomic E-state index is -0.349. The summed E-state index contributed by atoms with van der Waals surface area (Å²) < 4.78 is 0. The van der Waals surface area contributed by atoms with Gasteiger partial charge in [0.05, 0.1) is 6.04 Å². The zero-order valence-electron chi connectivity index (χ0n) is 12.8. The van der Waals surface area contributed by atoms with Crippen LogP contribution in [0.1, 0.15) is 52.9 Å². The molecule has 0 unspecified atom stereocenters. The molecule has 1 amide bonds. The average molecular weight is 269 g/mol. The molecule has 1 aliphatic rings. The van der Waals surface area contributed by atoms with Gasteiger partial charge < -0.3 is 16.0 Å². The van der Waals surface area contributed by atoms with E-state index in [2.05, 4.69) is 31.0 Å². The third-order valence-corrected chi connectivity index (χ3v) is 3.82. The van der Waals surface area contributed by atoms with Crippen molar-refractivity contribution >= 4 is 5.91 Å². The molecule has 0 saturated carbocycles. The lowest BCUT2D eigenvalue weighted by Gasteiger charge is -2.32. The Balaban J connectivity index is 2.23. The van der Waals surface area contributed by atoms with Crippen molar-refractivity contribution in [3.8, 4) is 0 Å². The lowest BCUT2D eigenvalue weighted by molar-refractivity contribution is -0.123. The van der Waals surface area contributed by atoms with Crippen LogP contribution in [-0.2, 0) is 4.79 Å². The van der Waals surface area contributed by atoms with Gasteiger partial charge in [-0.05, 0) is 38.1 Å². The fraction of sp³-hybridized carbons (Fsp3) is 0.933. The van der Waals surface area contributed by atoms with Crippen molar-refractivity contribution in [1.29, 1.82) is 0 Å². The number of carbonyl (C=O) groups excluding carboxylic acids is 1. The van der Waals surface area contributed by atoms with Crippen LogP contribution in [0.15, 0.2) is 0 Å². The van der Waals surface area contributed by atoms with Crippen LogP contribution in [0.2, 0.25) is 0 Å². The Morgan fingerprint density at radius 3 is 2.53 bits per heavy atom. The van der Waals surface area contributed by atoms with E-state index in [1.54, 1.807) is 0 Å². The highest BCUT2D eigenvalue weighted by molar-refractivity contribution is 5.81. The molecule has 0 spiro atoms. The highest BCUT2D eigenvalue weighted by Crippen LogP contribution is 2.12. The normalized spacial score (nSPS) is 19.6. The van der Waals surface area contributed by atoms with Gasteiger partial charge in [0.1, 0.15) is 0 Å². The molecule has 4 heteroatoms. The predicted molar refractivity (Wildman–Crippen MR) is 79.9 cm³/mol. The van der Waals surface area contributed by atoms with Gasteiger partial charge in [-0.3, -0.25) is 4.79 Å². The Bertz CT molecular complexity index is 260. The molecule has 0 aromatic heterocycles. The number of hydrogen-bond acceptors (Lipinski definition) is 3. The largest absolute Gasteiger partial charge is 0.352 e. The molecule has 1 rings (SSSR count). The third kappa shape index (κ3) is 6.39. The summed E-state index contributed by atoms with van der Waals surface area (Å²) in [5.41, 5.74) is 5.91. The Hall–Kier alpha value is -0.610. The van der Waals surface area contributed by atoms with E-state index in [1.165, 1.54) is 19.4 Å². The average Bonchev–Trinajstić information content (AvgIpc) is 2.37. The van der Waals surface area contributed by atoms with Crippen LogP contribution in [0.4, 0.5) is 0 Å². The van der Waals surface area contributed by atoms with Gasteiger partial charge in [-0.15, -0.1) is 0 Å². The molecule has 4 nitrogen and oxygen atoms in total. The molecule has 1 atom stereocenters. The smallest absolute Gasteiger partial charge is 0.237 e. The zero-order valence-corrected chi connectivity index (χ0v) is 12.8. The number of likely N-dealkylation sites (tertiary alicyclic amines) is 1. The van der Waals surface area contributed by atoms with Gasteiger partial charge in [-0.2, -0.15) is 0 Å². The van der Waals surface area contributed by atoms with Crippen molar-refractivity contribution in [2.24, 2.45) is 11.7 Å². The van der Waals surface area contributed by atoms with Gasteiger partial charge in [0.2, 0.25) is 5.91 Å². The summed E-state index contributed by atoms with van der Waals surface area (Å²) in [6, 6.07) is -0.0262. The summed E-state index contributed by atoms with van der Waals surface area (Å²) in [5.74, 6) is 0.498. The summed E-state index contributed by atoms with van der Waals surface area (Å²) in [6.45, 7) is 9.82. The topological polar surface area (TPSA) is 58.4 Å². The second-order valence-corrected chi connectivity index (χ2v) is 6.21. The predicted octanol–water partition coefficient (Wildman–Crippen LogP) is 1.74. The SMILES string of the molecule is CCCCN1CCC(NC(=O)[C@@H](N)CC(C)C)CC1. The van der Waals surface area contributed by atoms with Crippen molar-refractivity contribution in [2.45, 2.75) is 65.0 Å². The molecule has 0 bridgehead atoms. The van der Waals surface area contributed by atoms with Gasteiger partial charge in [-0.25, -0.2) is 0 Å². The summed E-state index contributed by atoms with van der Waals surface area (Å²) in [7, 11) is 0. The van der Waals surface area contributed by atoms with E-state index in [1.807, 2.05) is 0 Å². The van der Waals surface area contributed by atoms with E-state index in [0.29, 0.717) is 12.0 Å². The van der Waals surface area contributed by atoms with Gasteiger partial charge in [-0.1, -0.05) is 27.2 Å². The van der Waals surface area contributed by atoms with Gasteiger partial charge in [0.25, 0.3) is 0 Å². The number of rotatable bonds is 7. The fourth-order valence-corrected chi connectivity index (χ4v) is 2.61. The minimum Gasteiger partial charge on any atom is -0.352 e. The number of amides is 1. The summed E-state index contributed by atoms with van der Waals surface area (Å²) in [5, 5.41) is 3.11. The standard InChI is InChI=1S/C15H31N3O/c1-4-5-8-18-9-6-13(7-10-18)17-15(19)14(16)11-12(2)3/h12-14H,4-11,16H2,1-3H3,(H,17,19)/t14-/m0/s1. The number of carbonyl (C=O) groups is 1. The maximum absolute atomic E-state index is 12.0. The van der Waals surface area contributed by atoms with E-state index in [-0.39, 0.29) is 11.9 Å². The van der Waals surface area contributed by atoms with Crippen LogP contribution in [0, 0.1) is 5.92 Å². The van der Waals surface area contributed by atoms with E-state index in [4.69, 9.17) is 5.73 Å². The number of unbranched alkanes of at least 4 members (excludes halogenated alkanes) is 1. The van der Waals surface area contributed by atoms with Crippen molar-refractivity contribution in [2.75, 3.05) is 19.6 Å². The van der Waals surface area contributed by atoms with Crippen LogP contribution >= 0.6 is 0 Å². The molecule has 1 fully saturated rings. The quantitative estimate of drug-likeness (QED) is 0.740. The zero-order chi connectivity index (χ0) is 14.3. The van der Waals surface area contributed by atoms with E-state index in [9.17, 15) is 4.79 Å². The Labute approximate surface area is 118 Å². The first-order valence-electron chi connectivity index (χ1n) is 7.81. The third-order valence-electron chi connectivity index (χ3n) is 3.82. The molecule has 1 aliphatic heterocycles. The number of piperidine rings is 1. The number of hydrogen-bond donors (Lipinski definition) is 2. The van der Waals surface area contributed by atoms with Crippen molar-refractivity contribution in [3.05, 3.63) is 0 Å². The van der Waals surface area contributed by atoms with Gasteiger partial charge in [0, 0.05) is 19.1 Å². The van der Waals surface area contributed by atoms with Crippen LogP contribution in [0.25, 0.3) is 0 Å². The lowest BCUT2D eigenvalue weighted by Crippen LogP contribution is -2.50. The van der Waals surface area contributed by atoms with E-state index < -0.39 is 0 Å². The molecule has 0 aliphatic carbocycles. The fourth-order valence-electron chi connectivity index (χ4n) is 2.61. The number of nitrogens with two attached hydrogens (primary N) is 1. The molecule has 0 aromatic carbocycles. The monoisotopic (exact) mass is 269 g/mol. The minimum absolute atomic E-state index is 0.0284. The number of nitrogens with one attached hydrogen (secondary N) is 1. The molecule has 1 heterocycles. The molecular weight excluding hydrogens is 238 g/mol. The van der Waals surface area contributed by atoms with Crippen molar-refractivity contribution < 1.29 is 4.79 Å². The maximum Gasteiger partial charge on any atom is 0.237 e. The van der Waals surface area contributed by atoms with Gasteiger partial charge in [0.15, 0.2) is 0 Å². The van der Waals surface area contributed by atoms with Gasteiger partial charge >= 0.3 is 0 Å². The van der Waals surface area contributed by atoms with Crippen LogP contribution < -0.4 is 11.1 Å². The molecule has 0 aromatic rings. The molecule has 1 saturated heterocycles. The number of nitrogens with zero attached hydrogens (tertiary/aromatic N) is 1. The first-order valence-corrected chi connectivity index (χ1v) is 7.81. The summed E-state index contributed by atoms with van der Waals surface area (Å²) in [4.78, 5) is 14.5. The Morgan fingerprint density at radius 2 is 2.00 bits per heavy atom. The summed E-state index contributed by atoms with van der Waals surface area (Å²) in [6.07, 6.45) is 5.41. The first-order chi connectivity index (χ1) is 9.02. The van der Waals surface area contributed by atoms with Crippen molar-refractivity contribution in [3.63, 3.8) is 0 Å². The molecular formula is C15H31N3O. The molecule has 19 heavy (non-hydrogen) atoms. The Morgan fingerprint density at radius 1 is 1.37 bits per heavy atom.